The molecule has 0 unspecified atom stereocenters. The van der Waals surface area contributed by atoms with E-state index in [1.165, 1.54) is 5.39 Å². The molecule has 0 heterocycles. The summed E-state index contributed by atoms with van der Waals surface area (Å²) in [5.74, 6) is 1.65. The molecular weight excluding hydrogens is 326 g/mol. The maximum absolute atomic E-state index is 6.09. The zero-order valence-electron chi connectivity index (χ0n) is 11.8. The highest BCUT2D eigenvalue weighted by atomic mass is 79.9. The van der Waals surface area contributed by atoms with Crippen LogP contribution in [0.25, 0.3) is 10.8 Å². The van der Waals surface area contributed by atoms with E-state index in [2.05, 4.69) is 34.1 Å². The quantitative estimate of drug-likeness (QED) is 0.713. The van der Waals surface area contributed by atoms with Crippen molar-refractivity contribution in [3.05, 3.63) is 70.2 Å². The van der Waals surface area contributed by atoms with Crippen molar-refractivity contribution in [1.29, 1.82) is 0 Å². The predicted octanol–water partition coefficient (Wildman–Crippen LogP) is 5.16. The zero-order valence-corrected chi connectivity index (χ0v) is 13.4. The first-order valence-corrected chi connectivity index (χ1v) is 7.63. The van der Waals surface area contributed by atoms with E-state index in [9.17, 15) is 0 Å². The van der Waals surface area contributed by atoms with E-state index in [1.54, 1.807) is 0 Å². The van der Waals surface area contributed by atoms with Crippen LogP contribution in [0.5, 0.6) is 11.5 Å². The van der Waals surface area contributed by atoms with Crippen LogP contribution in [-0.2, 0) is 6.54 Å². The summed E-state index contributed by atoms with van der Waals surface area (Å²) in [6, 6.07) is 18.3. The van der Waals surface area contributed by atoms with E-state index in [4.69, 9.17) is 10.5 Å². The molecule has 0 aliphatic heterocycles. The molecule has 0 saturated carbocycles. The molecule has 0 aliphatic rings. The highest BCUT2D eigenvalue weighted by Crippen LogP contribution is 2.36. The number of fused-ring (bicyclic) bond motifs is 1. The molecule has 0 spiro atoms. The predicted molar refractivity (Wildman–Crippen MR) is 90.8 cm³/mol. The first-order chi connectivity index (χ1) is 10.2. The van der Waals surface area contributed by atoms with Crippen molar-refractivity contribution in [2.75, 3.05) is 0 Å². The van der Waals surface area contributed by atoms with Gasteiger partial charge in [-0.2, -0.15) is 0 Å². The Bertz CT molecular complexity index is 798. The molecule has 0 bridgehead atoms. The third kappa shape index (κ3) is 2.80. The summed E-state index contributed by atoms with van der Waals surface area (Å²) in [6.45, 7) is 2.54. The van der Waals surface area contributed by atoms with Crippen molar-refractivity contribution in [2.45, 2.75) is 13.5 Å². The van der Waals surface area contributed by atoms with Gasteiger partial charge in [-0.3, -0.25) is 0 Å². The van der Waals surface area contributed by atoms with E-state index in [-0.39, 0.29) is 0 Å². The van der Waals surface area contributed by atoms with E-state index in [1.807, 2.05) is 43.3 Å². The summed E-state index contributed by atoms with van der Waals surface area (Å²) < 4.78 is 7.06. The molecule has 3 rings (SSSR count). The Morgan fingerprint density at radius 3 is 2.62 bits per heavy atom. The fourth-order valence-electron chi connectivity index (χ4n) is 2.29. The van der Waals surface area contributed by atoms with Gasteiger partial charge in [-0.05, 0) is 56.9 Å². The minimum Gasteiger partial charge on any atom is -0.456 e. The summed E-state index contributed by atoms with van der Waals surface area (Å²) in [6.07, 6.45) is 0. The van der Waals surface area contributed by atoms with Crippen molar-refractivity contribution in [2.24, 2.45) is 5.73 Å². The van der Waals surface area contributed by atoms with Crippen molar-refractivity contribution < 1.29 is 4.74 Å². The summed E-state index contributed by atoms with van der Waals surface area (Å²) in [5.41, 5.74) is 7.85. The van der Waals surface area contributed by atoms with Crippen molar-refractivity contribution in [3.8, 4) is 11.5 Å². The van der Waals surface area contributed by atoms with Gasteiger partial charge >= 0.3 is 0 Å². The molecule has 0 aromatic heterocycles. The van der Waals surface area contributed by atoms with Crippen LogP contribution in [-0.4, -0.2) is 0 Å². The first-order valence-electron chi connectivity index (χ1n) is 6.84. The number of aryl methyl sites for hydroxylation is 1. The minimum atomic E-state index is 0.509. The van der Waals surface area contributed by atoms with Crippen LogP contribution in [0.4, 0.5) is 0 Å². The number of hydrogen-bond acceptors (Lipinski definition) is 2. The molecule has 3 heteroatoms. The summed E-state index contributed by atoms with van der Waals surface area (Å²) >= 11 is 3.65. The van der Waals surface area contributed by atoms with Gasteiger partial charge in [0, 0.05) is 6.54 Å². The maximum atomic E-state index is 6.09. The molecule has 2 nitrogen and oxygen atoms in total. The van der Waals surface area contributed by atoms with Gasteiger partial charge in [0.05, 0.1) is 4.47 Å². The number of nitrogens with two attached hydrogens (primary N) is 1. The fraction of sp³-hybridized carbons (Fsp3) is 0.111. The SMILES string of the molecule is Cc1ccc(CN)cc1Oc1ccc2ccccc2c1Br. The lowest BCUT2D eigenvalue weighted by Gasteiger charge is -2.13. The van der Waals surface area contributed by atoms with E-state index in [0.29, 0.717) is 6.54 Å². The molecule has 3 aromatic rings. The maximum Gasteiger partial charge on any atom is 0.142 e. The smallest absolute Gasteiger partial charge is 0.142 e. The molecule has 0 saturated heterocycles. The van der Waals surface area contributed by atoms with Gasteiger partial charge in [0.2, 0.25) is 0 Å². The van der Waals surface area contributed by atoms with Crippen LogP contribution >= 0.6 is 15.9 Å². The van der Waals surface area contributed by atoms with Gasteiger partial charge in [-0.15, -0.1) is 0 Å². The number of hydrogen-bond donors (Lipinski definition) is 1. The Morgan fingerprint density at radius 2 is 1.81 bits per heavy atom. The average Bonchev–Trinajstić information content (AvgIpc) is 2.52. The summed E-state index contributed by atoms with van der Waals surface area (Å²) in [7, 11) is 0. The van der Waals surface area contributed by atoms with Gasteiger partial charge in [0.25, 0.3) is 0 Å². The molecule has 0 amide bonds. The molecule has 3 aromatic carbocycles. The van der Waals surface area contributed by atoms with Crippen LogP contribution in [0.1, 0.15) is 11.1 Å². The molecule has 106 valence electrons. The van der Waals surface area contributed by atoms with Crippen molar-refractivity contribution in [3.63, 3.8) is 0 Å². The minimum absolute atomic E-state index is 0.509. The number of benzene rings is 3. The lowest BCUT2D eigenvalue weighted by molar-refractivity contribution is 0.476. The van der Waals surface area contributed by atoms with Crippen molar-refractivity contribution in [1.82, 2.24) is 0 Å². The molecule has 0 radical (unpaired) electrons. The highest BCUT2D eigenvalue weighted by molar-refractivity contribution is 9.10. The Morgan fingerprint density at radius 1 is 1.00 bits per heavy atom. The van der Waals surface area contributed by atoms with Gasteiger partial charge < -0.3 is 10.5 Å². The monoisotopic (exact) mass is 341 g/mol. The van der Waals surface area contributed by atoms with Gasteiger partial charge in [0.15, 0.2) is 0 Å². The van der Waals surface area contributed by atoms with E-state index >= 15 is 0 Å². The largest absolute Gasteiger partial charge is 0.456 e. The molecule has 21 heavy (non-hydrogen) atoms. The second kappa shape index (κ2) is 5.88. The van der Waals surface area contributed by atoms with Crippen LogP contribution in [0.15, 0.2) is 59.1 Å². The average molecular weight is 342 g/mol. The standard InChI is InChI=1S/C18H16BrNO/c1-12-6-7-13(11-20)10-17(12)21-16-9-8-14-4-2-3-5-15(14)18(16)19/h2-10H,11,20H2,1H3. The van der Waals surface area contributed by atoms with E-state index in [0.717, 1.165) is 32.5 Å². The Balaban J connectivity index is 2.04. The Labute approximate surface area is 132 Å². The van der Waals surface area contributed by atoms with E-state index < -0.39 is 0 Å². The molecule has 0 aliphatic carbocycles. The van der Waals surface area contributed by atoms with Crippen LogP contribution in [0, 0.1) is 6.92 Å². The highest BCUT2D eigenvalue weighted by Gasteiger charge is 2.09. The summed E-state index contributed by atoms with van der Waals surface area (Å²) in [4.78, 5) is 0. The fourth-order valence-corrected chi connectivity index (χ4v) is 2.87. The normalized spacial score (nSPS) is 10.8. The van der Waals surface area contributed by atoms with Gasteiger partial charge in [0.1, 0.15) is 11.5 Å². The molecule has 2 N–H and O–H groups in total. The lowest BCUT2D eigenvalue weighted by Crippen LogP contribution is -1.97. The van der Waals surface area contributed by atoms with Crippen LogP contribution in [0.2, 0.25) is 0 Å². The van der Waals surface area contributed by atoms with Crippen molar-refractivity contribution >= 4 is 26.7 Å². The van der Waals surface area contributed by atoms with Gasteiger partial charge in [-0.1, -0.05) is 42.5 Å². The zero-order chi connectivity index (χ0) is 14.8. The third-order valence-electron chi connectivity index (χ3n) is 3.54. The van der Waals surface area contributed by atoms with Crippen LogP contribution < -0.4 is 10.5 Å². The Kier molecular flexibility index (Phi) is 3.95. The molecule has 0 fully saturated rings. The second-order valence-electron chi connectivity index (χ2n) is 5.00. The third-order valence-corrected chi connectivity index (χ3v) is 4.35. The Hall–Kier alpha value is -1.84. The molecular formula is C18H16BrNO. The number of halogens is 1. The second-order valence-corrected chi connectivity index (χ2v) is 5.80. The van der Waals surface area contributed by atoms with Gasteiger partial charge in [-0.25, -0.2) is 0 Å². The lowest BCUT2D eigenvalue weighted by atomic mass is 10.1. The van der Waals surface area contributed by atoms with Crippen LogP contribution in [0.3, 0.4) is 0 Å². The number of rotatable bonds is 3. The molecule has 0 atom stereocenters. The number of ether oxygens (including phenoxy) is 1. The first kappa shape index (κ1) is 14.1. The summed E-state index contributed by atoms with van der Waals surface area (Å²) in [5, 5.41) is 2.33. The topological polar surface area (TPSA) is 35.2 Å².